The minimum atomic E-state index is -0.499. The first kappa shape index (κ1) is 15.5. The molecule has 6 heteroatoms. The van der Waals surface area contributed by atoms with E-state index in [0.29, 0.717) is 29.9 Å². The Bertz CT molecular complexity index is 512. The van der Waals surface area contributed by atoms with Crippen LogP contribution in [0, 0.1) is 17.7 Å². The molecule has 1 amide bonds. The minimum Gasteiger partial charge on any atom is -0.338 e. The van der Waals surface area contributed by atoms with Gasteiger partial charge in [-0.25, -0.2) is 4.39 Å². The highest BCUT2D eigenvalue weighted by Gasteiger charge is 2.35. The standard InChI is InChI=1S/C14H16ClFN2O.ClH/c15-11-1-2-13(16)12(5-11)14(19)18-4-3-9-6-17-7-10(9)8-18;/h1-2,5,9-10,17H,3-4,6-8H2;1H. The highest BCUT2D eigenvalue weighted by molar-refractivity contribution is 6.31. The van der Waals surface area contributed by atoms with Crippen molar-refractivity contribution in [1.29, 1.82) is 0 Å². The molecule has 3 nitrogen and oxygen atoms in total. The Kier molecular flexibility index (Phi) is 4.89. The van der Waals surface area contributed by atoms with Gasteiger partial charge in [0.1, 0.15) is 5.82 Å². The van der Waals surface area contributed by atoms with E-state index in [2.05, 4.69) is 5.32 Å². The number of likely N-dealkylation sites (tertiary alicyclic amines) is 1. The fourth-order valence-electron chi connectivity index (χ4n) is 3.05. The zero-order valence-electron chi connectivity index (χ0n) is 10.9. The molecule has 0 radical (unpaired) electrons. The largest absolute Gasteiger partial charge is 0.338 e. The van der Waals surface area contributed by atoms with Crippen LogP contribution in [-0.4, -0.2) is 37.0 Å². The summed E-state index contributed by atoms with van der Waals surface area (Å²) in [6.45, 7) is 3.40. The average molecular weight is 319 g/mol. The zero-order chi connectivity index (χ0) is 13.4. The predicted octanol–water partition coefficient (Wildman–Crippen LogP) is 2.58. The van der Waals surface area contributed by atoms with E-state index in [1.54, 1.807) is 4.90 Å². The van der Waals surface area contributed by atoms with E-state index in [0.717, 1.165) is 19.5 Å². The van der Waals surface area contributed by atoms with E-state index >= 15 is 0 Å². The SMILES string of the molecule is Cl.O=C(c1cc(Cl)ccc1F)N1CCC2CNCC2C1. The van der Waals surface area contributed by atoms with E-state index in [1.807, 2.05) is 0 Å². The fraction of sp³-hybridized carbons (Fsp3) is 0.500. The topological polar surface area (TPSA) is 32.3 Å². The van der Waals surface area contributed by atoms with Crippen LogP contribution in [0.1, 0.15) is 16.8 Å². The van der Waals surface area contributed by atoms with Gasteiger partial charge in [-0.05, 0) is 49.5 Å². The van der Waals surface area contributed by atoms with Gasteiger partial charge in [0, 0.05) is 18.1 Å². The summed E-state index contributed by atoms with van der Waals surface area (Å²) in [5, 5.41) is 3.74. The molecule has 2 aliphatic rings. The molecule has 3 rings (SSSR count). The summed E-state index contributed by atoms with van der Waals surface area (Å²) in [6, 6.07) is 4.12. The average Bonchev–Trinajstić information content (AvgIpc) is 2.88. The fourth-order valence-corrected chi connectivity index (χ4v) is 3.22. The molecule has 0 spiro atoms. The maximum absolute atomic E-state index is 13.7. The molecule has 2 aliphatic heterocycles. The third kappa shape index (κ3) is 2.92. The van der Waals surface area contributed by atoms with Crippen LogP contribution in [0.2, 0.25) is 5.02 Å². The molecular formula is C14H17Cl2FN2O. The van der Waals surface area contributed by atoms with Crippen LogP contribution in [0.4, 0.5) is 4.39 Å². The number of rotatable bonds is 1. The maximum Gasteiger partial charge on any atom is 0.256 e. The molecule has 20 heavy (non-hydrogen) atoms. The Morgan fingerprint density at radius 1 is 1.35 bits per heavy atom. The number of nitrogens with zero attached hydrogens (tertiary/aromatic N) is 1. The number of carbonyl (C=O) groups excluding carboxylic acids is 1. The third-order valence-electron chi connectivity index (χ3n) is 4.15. The Morgan fingerprint density at radius 3 is 2.90 bits per heavy atom. The predicted molar refractivity (Wildman–Crippen MR) is 79.0 cm³/mol. The Labute approximate surface area is 128 Å². The molecule has 2 fully saturated rings. The van der Waals surface area contributed by atoms with Gasteiger partial charge in [-0.3, -0.25) is 4.79 Å². The Balaban J connectivity index is 0.00000147. The van der Waals surface area contributed by atoms with Crippen molar-refractivity contribution in [3.63, 3.8) is 0 Å². The van der Waals surface area contributed by atoms with Crippen LogP contribution in [-0.2, 0) is 0 Å². The lowest BCUT2D eigenvalue weighted by atomic mass is 9.88. The van der Waals surface area contributed by atoms with Gasteiger partial charge in [0.2, 0.25) is 0 Å². The second-order valence-electron chi connectivity index (χ2n) is 5.34. The van der Waals surface area contributed by atoms with Crippen LogP contribution in [0.25, 0.3) is 0 Å². The summed E-state index contributed by atoms with van der Waals surface area (Å²) < 4.78 is 13.7. The van der Waals surface area contributed by atoms with Gasteiger partial charge < -0.3 is 10.2 Å². The lowest BCUT2D eigenvalue weighted by Gasteiger charge is -2.34. The van der Waals surface area contributed by atoms with Crippen molar-refractivity contribution in [1.82, 2.24) is 10.2 Å². The van der Waals surface area contributed by atoms with Crippen LogP contribution in [0.3, 0.4) is 0 Å². The lowest BCUT2D eigenvalue weighted by molar-refractivity contribution is 0.0638. The first-order valence-corrected chi connectivity index (χ1v) is 6.98. The number of piperidine rings is 1. The molecule has 1 N–H and O–H groups in total. The summed E-state index contributed by atoms with van der Waals surface area (Å²) in [5.74, 6) is 0.416. The normalized spacial score (nSPS) is 25.0. The van der Waals surface area contributed by atoms with Crippen molar-refractivity contribution >= 4 is 29.9 Å². The number of amides is 1. The quantitative estimate of drug-likeness (QED) is 0.863. The van der Waals surface area contributed by atoms with Crippen LogP contribution >= 0.6 is 24.0 Å². The van der Waals surface area contributed by atoms with Gasteiger partial charge in [-0.2, -0.15) is 0 Å². The molecule has 110 valence electrons. The summed E-state index contributed by atoms with van der Waals surface area (Å²) in [7, 11) is 0. The second kappa shape index (κ2) is 6.29. The van der Waals surface area contributed by atoms with E-state index in [-0.39, 0.29) is 23.9 Å². The van der Waals surface area contributed by atoms with Gasteiger partial charge in [-0.1, -0.05) is 11.6 Å². The molecule has 2 atom stereocenters. The highest BCUT2D eigenvalue weighted by Crippen LogP contribution is 2.28. The van der Waals surface area contributed by atoms with Crippen molar-refractivity contribution in [2.75, 3.05) is 26.2 Å². The summed E-state index contributed by atoms with van der Waals surface area (Å²) in [5.41, 5.74) is 0.0805. The second-order valence-corrected chi connectivity index (χ2v) is 5.78. The molecule has 0 aliphatic carbocycles. The van der Waals surface area contributed by atoms with Crippen molar-refractivity contribution in [3.8, 4) is 0 Å². The number of halogens is 3. The van der Waals surface area contributed by atoms with Gasteiger partial charge >= 0.3 is 0 Å². The number of fused-ring (bicyclic) bond motifs is 1. The summed E-state index contributed by atoms with van der Waals surface area (Å²) in [4.78, 5) is 14.1. The maximum atomic E-state index is 13.7. The van der Waals surface area contributed by atoms with Crippen LogP contribution < -0.4 is 5.32 Å². The first-order chi connectivity index (χ1) is 9.15. The van der Waals surface area contributed by atoms with E-state index < -0.39 is 5.82 Å². The summed E-state index contributed by atoms with van der Waals surface area (Å²) in [6.07, 6.45) is 0.992. The number of hydrogen-bond acceptors (Lipinski definition) is 2. The lowest BCUT2D eigenvalue weighted by Crippen LogP contribution is -2.43. The Morgan fingerprint density at radius 2 is 2.10 bits per heavy atom. The number of hydrogen-bond donors (Lipinski definition) is 1. The van der Waals surface area contributed by atoms with Gasteiger partial charge in [0.05, 0.1) is 5.56 Å². The number of benzene rings is 1. The van der Waals surface area contributed by atoms with Gasteiger partial charge in [0.15, 0.2) is 0 Å². The van der Waals surface area contributed by atoms with Crippen molar-refractivity contribution < 1.29 is 9.18 Å². The molecule has 0 aromatic heterocycles. The van der Waals surface area contributed by atoms with Crippen molar-refractivity contribution in [2.24, 2.45) is 11.8 Å². The van der Waals surface area contributed by atoms with Gasteiger partial charge in [-0.15, -0.1) is 12.4 Å². The zero-order valence-corrected chi connectivity index (χ0v) is 12.5. The van der Waals surface area contributed by atoms with E-state index in [1.165, 1.54) is 18.2 Å². The highest BCUT2D eigenvalue weighted by atomic mass is 35.5. The first-order valence-electron chi connectivity index (χ1n) is 6.60. The molecule has 2 heterocycles. The number of carbonyl (C=O) groups is 1. The molecule has 1 aromatic carbocycles. The van der Waals surface area contributed by atoms with E-state index in [9.17, 15) is 9.18 Å². The van der Waals surface area contributed by atoms with Crippen LogP contribution in [0.5, 0.6) is 0 Å². The molecule has 2 unspecified atom stereocenters. The molecular weight excluding hydrogens is 302 g/mol. The van der Waals surface area contributed by atoms with Crippen LogP contribution in [0.15, 0.2) is 18.2 Å². The molecule has 2 saturated heterocycles. The van der Waals surface area contributed by atoms with Gasteiger partial charge in [0.25, 0.3) is 5.91 Å². The molecule has 0 saturated carbocycles. The van der Waals surface area contributed by atoms with Crippen molar-refractivity contribution in [3.05, 3.63) is 34.6 Å². The Hall–Kier alpha value is -0.840. The third-order valence-corrected chi connectivity index (χ3v) is 4.39. The van der Waals surface area contributed by atoms with Crippen molar-refractivity contribution in [2.45, 2.75) is 6.42 Å². The molecule has 1 aromatic rings. The monoisotopic (exact) mass is 318 g/mol. The smallest absolute Gasteiger partial charge is 0.256 e. The molecule has 0 bridgehead atoms. The van der Waals surface area contributed by atoms with E-state index in [4.69, 9.17) is 11.6 Å². The summed E-state index contributed by atoms with van der Waals surface area (Å²) >= 11 is 5.84. The minimum absolute atomic E-state index is 0. The number of nitrogens with one attached hydrogen (secondary N) is 1.